The van der Waals surface area contributed by atoms with Crippen LogP contribution in [0.1, 0.15) is 67.8 Å². The highest BCUT2D eigenvalue weighted by Crippen LogP contribution is 2.50. The number of amides is 5. The third kappa shape index (κ3) is 6.63. The summed E-state index contributed by atoms with van der Waals surface area (Å²) in [5, 5.41) is 2.56. The predicted molar refractivity (Wildman–Crippen MR) is 195 cm³/mol. The fourth-order valence-corrected chi connectivity index (χ4v) is 8.59. The minimum absolute atomic E-state index is 0.111. The van der Waals surface area contributed by atoms with Gasteiger partial charge < -0.3 is 24.1 Å². The molecule has 53 heavy (non-hydrogen) atoms. The molecule has 1 unspecified atom stereocenters. The van der Waals surface area contributed by atoms with Gasteiger partial charge >= 0.3 is 6.09 Å². The lowest BCUT2D eigenvalue weighted by Gasteiger charge is -2.43. The number of carbonyl (C=O) groups excluding carboxylic acids is 7. The Balaban J connectivity index is 1.44. The molecule has 13 heteroatoms. The van der Waals surface area contributed by atoms with Crippen molar-refractivity contribution in [3.8, 4) is 0 Å². The number of carbonyl (C=O) groups is 7. The van der Waals surface area contributed by atoms with Gasteiger partial charge in [0.05, 0.1) is 34.4 Å². The fourth-order valence-electron chi connectivity index (χ4n) is 7.55. The summed E-state index contributed by atoms with van der Waals surface area (Å²) in [7, 11) is -2.63. The fraction of sp³-hybridized carbons (Fsp3) is 0.375. The minimum Gasteiger partial charge on any atom is -0.445 e. The van der Waals surface area contributed by atoms with Crippen LogP contribution in [0.25, 0.3) is 0 Å². The number of nitrogens with zero attached hydrogens (tertiary/aromatic N) is 2. The lowest BCUT2D eigenvalue weighted by atomic mass is 9.80. The van der Waals surface area contributed by atoms with Gasteiger partial charge in [-0.1, -0.05) is 75.4 Å². The average molecular weight is 738 g/mol. The van der Waals surface area contributed by atoms with Crippen LogP contribution in [0.3, 0.4) is 0 Å². The number of nitrogens with one attached hydrogen (secondary N) is 1. The Morgan fingerprint density at radius 3 is 1.49 bits per heavy atom. The summed E-state index contributed by atoms with van der Waals surface area (Å²) < 4.78 is 12.3. The highest BCUT2D eigenvalue weighted by molar-refractivity contribution is 6.74. The molecule has 3 aromatic rings. The van der Waals surface area contributed by atoms with Crippen LogP contribution >= 0.6 is 0 Å². The van der Waals surface area contributed by atoms with Crippen molar-refractivity contribution in [2.24, 2.45) is 23.7 Å². The van der Waals surface area contributed by atoms with Gasteiger partial charge in [0.1, 0.15) is 19.2 Å². The van der Waals surface area contributed by atoms with E-state index in [2.05, 4.69) is 5.32 Å². The Bertz CT molecular complexity index is 1810. The van der Waals surface area contributed by atoms with Crippen molar-refractivity contribution in [2.75, 3.05) is 19.7 Å². The van der Waals surface area contributed by atoms with Crippen molar-refractivity contribution in [1.82, 2.24) is 15.1 Å². The van der Waals surface area contributed by atoms with Crippen molar-refractivity contribution in [1.29, 1.82) is 0 Å². The average Bonchev–Trinajstić information content (AvgIpc) is 3.64. The first-order valence-electron chi connectivity index (χ1n) is 17.6. The second-order valence-electron chi connectivity index (χ2n) is 15.5. The van der Waals surface area contributed by atoms with E-state index in [1.807, 2.05) is 39.9 Å². The summed E-state index contributed by atoms with van der Waals surface area (Å²) in [6.07, 6.45) is 0.287. The summed E-state index contributed by atoms with van der Waals surface area (Å²) in [5.41, 5.74) is -0.297. The molecule has 3 aromatic carbocycles. The van der Waals surface area contributed by atoms with Crippen molar-refractivity contribution in [3.05, 3.63) is 107 Å². The second kappa shape index (κ2) is 14.3. The van der Waals surface area contributed by atoms with E-state index in [1.165, 1.54) is 24.3 Å². The van der Waals surface area contributed by atoms with Crippen LogP contribution < -0.4 is 5.32 Å². The molecule has 276 valence electrons. The standard InChI is InChI=1S/C40H43N3O9Si/c1-39(2,3)53(4,5)52-24-40(41-38(50)51-23-25-13-7-6-8-14-25)32(21-44)30(19-42-34(46)26-15-9-10-16-27(26)35(42)47)31(33(40)22-45)20-43-36(48)28-17-11-12-18-29(28)37(43)49/h6-18,21-22,30-33H,19-20,23-24H2,1-5H3,(H,41,50)/t30-,31-,32-,33+,40?/m1/s1. The Kier molecular flexibility index (Phi) is 10.1. The van der Waals surface area contributed by atoms with Gasteiger partial charge in [-0.05, 0) is 59.8 Å². The third-order valence-electron chi connectivity index (χ3n) is 11.5. The first-order chi connectivity index (χ1) is 25.1. The molecule has 3 aliphatic rings. The number of benzene rings is 3. The molecule has 0 spiro atoms. The summed E-state index contributed by atoms with van der Waals surface area (Å²) in [6.45, 7) is 8.96. The first-order valence-corrected chi connectivity index (χ1v) is 20.5. The normalized spacial score (nSPS) is 23.9. The third-order valence-corrected chi connectivity index (χ3v) is 16.0. The molecule has 1 N–H and O–H groups in total. The summed E-state index contributed by atoms with van der Waals surface area (Å²) >= 11 is 0. The molecule has 2 aliphatic heterocycles. The highest BCUT2D eigenvalue weighted by atomic mass is 28.4. The molecule has 1 aliphatic carbocycles. The second-order valence-corrected chi connectivity index (χ2v) is 20.3. The van der Waals surface area contributed by atoms with Crippen LogP contribution in [0.5, 0.6) is 0 Å². The number of rotatable bonds is 12. The Morgan fingerprint density at radius 2 is 1.11 bits per heavy atom. The number of alkyl carbamates (subject to hydrolysis) is 1. The molecular formula is C40H43N3O9Si. The number of ether oxygens (including phenoxy) is 1. The Hall–Kier alpha value is -5.27. The quantitative estimate of drug-likeness (QED) is 0.151. The number of hydrogen-bond donors (Lipinski definition) is 1. The molecule has 5 amide bonds. The number of imide groups is 2. The van der Waals surface area contributed by atoms with Gasteiger partial charge in [-0.15, -0.1) is 0 Å². The van der Waals surface area contributed by atoms with E-state index in [4.69, 9.17) is 9.16 Å². The van der Waals surface area contributed by atoms with Crippen LogP contribution in [0.2, 0.25) is 18.1 Å². The van der Waals surface area contributed by atoms with Gasteiger partial charge in [0, 0.05) is 24.9 Å². The van der Waals surface area contributed by atoms with Gasteiger partial charge in [-0.3, -0.25) is 29.0 Å². The van der Waals surface area contributed by atoms with Gasteiger partial charge in [-0.2, -0.15) is 0 Å². The largest absolute Gasteiger partial charge is 0.445 e. The van der Waals surface area contributed by atoms with E-state index in [1.54, 1.807) is 48.5 Å². The van der Waals surface area contributed by atoms with E-state index in [0.717, 1.165) is 9.80 Å². The van der Waals surface area contributed by atoms with Crippen LogP contribution in [0, 0.1) is 23.7 Å². The van der Waals surface area contributed by atoms with E-state index in [0.29, 0.717) is 18.1 Å². The smallest absolute Gasteiger partial charge is 0.408 e. The molecule has 0 saturated heterocycles. The van der Waals surface area contributed by atoms with Crippen molar-refractivity contribution in [3.63, 3.8) is 0 Å². The number of hydrogen-bond acceptors (Lipinski definition) is 9. The molecule has 0 bridgehead atoms. The van der Waals surface area contributed by atoms with Crippen LogP contribution in [0.4, 0.5) is 4.79 Å². The molecule has 0 aromatic heterocycles. The van der Waals surface area contributed by atoms with Crippen molar-refractivity contribution >= 4 is 50.6 Å². The summed E-state index contributed by atoms with van der Waals surface area (Å²) in [5.74, 6) is -6.82. The zero-order valence-corrected chi connectivity index (χ0v) is 31.4. The number of aldehydes is 2. The maximum Gasteiger partial charge on any atom is 0.408 e. The zero-order valence-electron chi connectivity index (χ0n) is 30.4. The van der Waals surface area contributed by atoms with Gasteiger partial charge in [-0.25, -0.2) is 4.79 Å². The maximum absolute atomic E-state index is 13.8. The first kappa shape index (κ1) is 37.5. The monoisotopic (exact) mass is 737 g/mol. The van der Waals surface area contributed by atoms with Gasteiger partial charge in [0.15, 0.2) is 8.32 Å². The lowest BCUT2D eigenvalue weighted by molar-refractivity contribution is -0.117. The Labute approximate surface area is 308 Å². The molecule has 6 rings (SSSR count). The molecule has 1 fully saturated rings. The van der Waals surface area contributed by atoms with Gasteiger partial charge in [0.25, 0.3) is 23.6 Å². The molecular weight excluding hydrogens is 695 g/mol. The maximum atomic E-state index is 13.8. The predicted octanol–water partition coefficient (Wildman–Crippen LogP) is 5.14. The Morgan fingerprint density at radius 1 is 0.717 bits per heavy atom. The summed E-state index contributed by atoms with van der Waals surface area (Å²) in [4.78, 5) is 97.7. The topological polar surface area (TPSA) is 156 Å². The number of fused-ring (bicyclic) bond motifs is 2. The molecule has 1 saturated carbocycles. The van der Waals surface area contributed by atoms with Crippen LogP contribution in [-0.4, -0.2) is 85.6 Å². The summed E-state index contributed by atoms with van der Waals surface area (Å²) in [6, 6.07) is 21.6. The lowest BCUT2D eigenvalue weighted by Crippen LogP contribution is -2.62. The van der Waals surface area contributed by atoms with Gasteiger partial charge in [0.2, 0.25) is 0 Å². The molecule has 2 heterocycles. The van der Waals surface area contributed by atoms with E-state index in [9.17, 15) is 33.6 Å². The van der Waals surface area contributed by atoms with E-state index in [-0.39, 0.29) is 53.6 Å². The minimum atomic E-state index is -2.63. The molecule has 0 radical (unpaired) electrons. The molecule has 12 nitrogen and oxygen atoms in total. The SMILES string of the molecule is CC(C)(C)[Si](C)(C)OCC1(NC(=O)OCc2ccccc2)[C@H](C=O)[C@H](CN2C(=O)c3ccccc3C2=O)[C@@H](CN2C(=O)c3ccccc3C2=O)[C@@H]1C=O. The molecule has 5 atom stereocenters. The van der Waals surface area contributed by atoms with E-state index >= 15 is 0 Å². The van der Waals surface area contributed by atoms with Crippen LogP contribution in [0.15, 0.2) is 78.9 Å². The highest BCUT2D eigenvalue weighted by Gasteiger charge is 2.64. The van der Waals surface area contributed by atoms with Crippen molar-refractivity contribution < 1.29 is 42.7 Å². The van der Waals surface area contributed by atoms with E-state index < -0.39 is 67.2 Å². The van der Waals surface area contributed by atoms with Crippen molar-refractivity contribution in [2.45, 2.75) is 51.0 Å². The van der Waals surface area contributed by atoms with Crippen LogP contribution in [-0.2, 0) is 25.4 Å². The zero-order chi connectivity index (χ0) is 38.3.